The van der Waals surface area contributed by atoms with Crippen LogP contribution in [0.4, 0.5) is 5.69 Å². The summed E-state index contributed by atoms with van der Waals surface area (Å²) in [6.45, 7) is 5.77. The van der Waals surface area contributed by atoms with Crippen molar-refractivity contribution in [2.75, 3.05) is 31.1 Å². The van der Waals surface area contributed by atoms with Gasteiger partial charge in [-0.15, -0.1) is 0 Å². The average molecular weight is 474 g/mol. The van der Waals surface area contributed by atoms with E-state index in [0.29, 0.717) is 25.3 Å². The van der Waals surface area contributed by atoms with E-state index in [1.165, 1.54) is 27.4 Å². The molecule has 1 heterocycles. The molecule has 0 saturated heterocycles. The van der Waals surface area contributed by atoms with E-state index in [1.807, 2.05) is 37.3 Å². The molecule has 0 radical (unpaired) electrons. The first kappa shape index (κ1) is 24.7. The molecule has 3 rings (SSSR count). The van der Waals surface area contributed by atoms with E-state index in [4.69, 9.17) is 4.74 Å². The van der Waals surface area contributed by atoms with Crippen LogP contribution in [0.25, 0.3) is 0 Å². The van der Waals surface area contributed by atoms with Crippen molar-refractivity contribution in [1.82, 2.24) is 9.62 Å². The molecule has 178 valence electrons. The quantitative estimate of drug-likeness (QED) is 0.572. The minimum Gasteiger partial charge on any atom is -0.482 e. The summed E-state index contributed by atoms with van der Waals surface area (Å²) in [4.78, 5) is 26.8. The third-order valence-electron chi connectivity index (χ3n) is 5.70. The summed E-state index contributed by atoms with van der Waals surface area (Å²) in [5.41, 5.74) is 1.40. The molecule has 2 aromatic carbocycles. The van der Waals surface area contributed by atoms with Crippen molar-refractivity contribution < 1.29 is 22.7 Å². The highest BCUT2D eigenvalue weighted by molar-refractivity contribution is 7.89. The van der Waals surface area contributed by atoms with Gasteiger partial charge in [-0.3, -0.25) is 14.5 Å². The maximum atomic E-state index is 13.0. The number of carbonyl (C=O) groups is 2. The number of sulfonamides is 1. The summed E-state index contributed by atoms with van der Waals surface area (Å²) >= 11 is 0. The Morgan fingerprint density at radius 2 is 1.82 bits per heavy atom. The molecule has 9 heteroatoms. The molecule has 0 unspecified atom stereocenters. The Kier molecular flexibility index (Phi) is 8.10. The Hall–Kier alpha value is -2.91. The normalized spacial score (nSPS) is 14.5. The lowest BCUT2D eigenvalue weighted by atomic mass is 10.0. The standard InChI is InChI=1S/C24H31N3O5S/c1-4-19(14-18-10-8-7-9-11-18)25-23(28)16-27-21-15-20(33(30,31)26(5-2)6-3)12-13-22(21)32-17-24(27)29/h7-13,15,19H,4-6,14,16-17H2,1-3H3,(H,25,28)/t19-/m1/s1. The Bertz CT molecular complexity index is 1080. The van der Waals surface area contributed by atoms with Gasteiger partial charge in [0.15, 0.2) is 6.61 Å². The SMILES string of the molecule is CC[C@H](Cc1ccccc1)NC(=O)CN1C(=O)COc2ccc(S(=O)(=O)N(CC)CC)cc21. The highest BCUT2D eigenvalue weighted by Gasteiger charge is 2.31. The van der Waals surface area contributed by atoms with Gasteiger partial charge >= 0.3 is 0 Å². The molecule has 0 aliphatic carbocycles. The zero-order chi connectivity index (χ0) is 24.0. The molecule has 1 aliphatic heterocycles. The Morgan fingerprint density at radius 1 is 1.12 bits per heavy atom. The molecule has 2 amide bonds. The molecule has 0 spiro atoms. The van der Waals surface area contributed by atoms with E-state index >= 15 is 0 Å². The van der Waals surface area contributed by atoms with Crippen LogP contribution in [0, 0.1) is 0 Å². The summed E-state index contributed by atoms with van der Waals surface area (Å²) in [6, 6.07) is 14.2. The molecular weight excluding hydrogens is 442 g/mol. The van der Waals surface area contributed by atoms with Crippen molar-refractivity contribution in [3.63, 3.8) is 0 Å². The van der Waals surface area contributed by atoms with Gasteiger partial charge < -0.3 is 10.1 Å². The number of benzene rings is 2. The lowest BCUT2D eigenvalue weighted by Gasteiger charge is -2.30. The smallest absolute Gasteiger partial charge is 0.265 e. The minimum atomic E-state index is -3.72. The molecule has 0 aromatic heterocycles. The van der Waals surface area contributed by atoms with Crippen molar-refractivity contribution in [1.29, 1.82) is 0 Å². The third kappa shape index (κ3) is 5.72. The van der Waals surface area contributed by atoms with Crippen LogP contribution in [0.15, 0.2) is 53.4 Å². The fourth-order valence-corrected chi connectivity index (χ4v) is 5.32. The first-order valence-corrected chi connectivity index (χ1v) is 12.6. The van der Waals surface area contributed by atoms with Crippen LogP contribution in [-0.4, -0.2) is 56.8 Å². The number of ether oxygens (including phenoxy) is 1. The third-order valence-corrected chi connectivity index (χ3v) is 7.75. The van der Waals surface area contributed by atoms with Crippen LogP contribution in [0.5, 0.6) is 5.75 Å². The van der Waals surface area contributed by atoms with E-state index in [1.54, 1.807) is 13.8 Å². The molecule has 33 heavy (non-hydrogen) atoms. The minimum absolute atomic E-state index is 0.0594. The van der Waals surface area contributed by atoms with Crippen LogP contribution >= 0.6 is 0 Å². The zero-order valence-corrected chi connectivity index (χ0v) is 20.1. The van der Waals surface area contributed by atoms with Crippen LogP contribution in [-0.2, 0) is 26.0 Å². The number of nitrogens with one attached hydrogen (secondary N) is 1. The first-order valence-electron chi connectivity index (χ1n) is 11.2. The summed E-state index contributed by atoms with van der Waals surface area (Å²) in [6.07, 6.45) is 1.42. The second kappa shape index (κ2) is 10.8. The van der Waals surface area contributed by atoms with Crippen molar-refractivity contribution in [2.24, 2.45) is 0 Å². The summed E-state index contributed by atoms with van der Waals surface area (Å²) in [5, 5.41) is 3.00. The van der Waals surface area contributed by atoms with Gasteiger partial charge in [0.25, 0.3) is 5.91 Å². The maximum absolute atomic E-state index is 13.0. The number of hydrogen-bond donors (Lipinski definition) is 1. The monoisotopic (exact) mass is 473 g/mol. The molecule has 1 N–H and O–H groups in total. The van der Waals surface area contributed by atoms with Gasteiger partial charge in [-0.1, -0.05) is 51.1 Å². The second-order valence-corrected chi connectivity index (χ2v) is 9.79. The van der Waals surface area contributed by atoms with Crippen molar-refractivity contribution >= 4 is 27.5 Å². The molecular formula is C24H31N3O5S. The fraction of sp³-hybridized carbons (Fsp3) is 0.417. The molecule has 2 aromatic rings. The maximum Gasteiger partial charge on any atom is 0.265 e. The highest BCUT2D eigenvalue weighted by Crippen LogP contribution is 2.34. The first-order chi connectivity index (χ1) is 15.8. The number of carbonyl (C=O) groups excluding carboxylic acids is 2. The van der Waals surface area contributed by atoms with Crippen molar-refractivity contribution in [3.05, 3.63) is 54.1 Å². The lowest BCUT2D eigenvalue weighted by Crippen LogP contribution is -2.47. The van der Waals surface area contributed by atoms with Crippen LogP contribution < -0.4 is 15.0 Å². The van der Waals surface area contributed by atoms with Crippen LogP contribution in [0.1, 0.15) is 32.8 Å². The predicted octanol–water partition coefficient (Wildman–Crippen LogP) is 2.58. The van der Waals surface area contributed by atoms with Gasteiger partial charge in [0.2, 0.25) is 15.9 Å². The van der Waals surface area contributed by atoms with Crippen LogP contribution in [0.2, 0.25) is 0 Å². The molecule has 0 fully saturated rings. The number of rotatable bonds is 10. The van der Waals surface area contributed by atoms with Crippen molar-refractivity contribution in [3.8, 4) is 5.75 Å². The van der Waals surface area contributed by atoms with Gasteiger partial charge in [0.05, 0.1) is 10.6 Å². The zero-order valence-electron chi connectivity index (χ0n) is 19.3. The summed E-state index contributed by atoms with van der Waals surface area (Å²) < 4.78 is 32.7. The molecule has 0 bridgehead atoms. The number of amides is 2. The van der Waals surface area contributed by atoms with Crippen LogP contribution in [0.3, 0.4) is 0 Å². The Morgan fingerprint density at radius 3 is 2.45 bits per heavy atom. The van der Waals surface area contributed by atoms with E-state index in [-0.39, 0.29) is 35.7 Å². The van der Waals surface area contributed by atoms with E-state index in [2.05, 4.69) is 5.32 Å². The van der Waals surface area contributed by atoms with E-state index in [9.17, 15) is 18.0 Å². The van der Waals surface area contributed by atoms with Gasteiger partial charge in [0.1, 0.15) is 12.3 Å². The number of fused-ring (bicyclic) bond motifs is 1. The van der Waals surface area contributed by atoms with Gasteiger partial charge in [-0.25, -0.2) is 8.42 Å². The van der Waals surface area contributed by atoms with E-state index < -0.39 is 15.9 Å². The second-order valence-electron chi connectivity index (χ2n) is 7.85. The number of anilines is 1. The topological polar surface area (TPSA) is 96.0 Å². The highest BCUT2D eigenvalue weighted by atomic mass is 32.2. The Balaban J connectivity index is 1.80. The van der Waals surface area contributed by atoms with Gasteiger partial charge in [-0.05, 0) is 36.6 Å². The number of hydrogen-bond acceptors (Lipinski definition) is 5. The summed E-state index contributed by atoms with van der Waals surface area (Å²) in [7, 11) is -3.72. The summed E-state index contributed by atoms with van der Waals surface area (Å²) in [5.74, 6) is -0.334. The average Bonchev–Trinajstić information content (AvgIpc) is 2.81. The van der Waals surface area contributed by atoms with E-state index in [0.717, 1.165) is 12.0 Å². The molecule has 0 saturated carbocycles. The largest absolute Gasteiger partial charge is 0.482 e. The van der Waals surface area contributed by atoms with Crippen molar-refractivity contribution in [2.45, 2.75) is 44.6 Å². The molecule has 1 atom stereocenters. The van der Waals surface area contributed by atoms with Gasteiger partial charge in [0, 0.05) is 19.1 Å². The van der Waals surface area contributed by atoms with Gasteiger partial charge in [-0.2, -0.15) is 4.31 Å². The Labute approximate surface area is 195 Å². The molecule has 8 nitrogen and oxygen atoms in total. The number of nitrogens with zero attached hydrogens (tertiary/aromatic N) is 2. The lowest BCUT2D eigenvalue weighted by molar-refractivity contribution is -0.125. The predicted molar refractivity (Wildman–Crippen MR) is 127 cm³/mol. The molecule has 1 aliphatic rings. The fourth-order valence-electron chi connectivity index (χ4n) is 3.84.